The molecule has 2 aromatic rings. The fraction of sp³-hybridized carbons (Fsp3) is 0.524. The van der Waals surface area contributed by atoms with Crippen molar-refractivity contribution in [2.75, 3.05) is 24.5 Å². The number of hydrogen-bond acceptors (Lipinski definition) is 6. The minimum atomic E-state index is -0.493. The average molecular weight is 383 g/mol. The molecule has 7 heteroatoms. The van der Waals surface area contributed by atoms with Crippen LogP contribution in [0.4, 0.5) is 10.6 Å². The number of hydrogen-bond donors (Lipinski definition) is 0. The minimum Gasteiger partial charge on any atom is -0.444 e. The van der Waals surface area contributed by atoms with Gasteiger partial charge in [-0.15, -0.1) is 0 Å². The summed E-state index contributed by atoms with van der Waals surface area (Å²) in [6.45, 7) is 13.7. The number of rotatable bonds is 2. The molecule has 3 rings (SSSR count). The maximum atomic E-state index is 12.5. The molecule has 0 unspecified atom stereocenters. The fourth-order valence-electron chi connectivity index (χ4n) is 3.29. The van der Waals surface area contributed by atoms with Crippen LogP contribution in [0, 0.1) is 13.8 Å². The summed E-state index contributed by atoms with van der Waals surface area (Å²) >= 11 is 0. The quantitative estimate of drug-likeness (QED) is 0.789. The summed E-state index contributed by atoms with van der Waals surface area (Å²) in [4.78, 5) is 30.2. The van der Waals surface area contributed by atoms with Crippen LogP contribution in [0.3, 0.4) is 0 Å². The van der Waals surface area contributed by atoms with Crippen molar-refractivity contribution in [2.45, 2.75) is 53.2 Å². The van der Waals surface area contributed by atoms with E-state index in [2.05, 4.69) is 14.9 Å². The van der Waals surface area contributed by atoms with E-state index in [1.165, 1.54) is 0 Å². The number of piperazine rings is 1. The second-order valence-electron chi connectivity index (χ2n) is 8.29. The molecule has 28 heavy (non-hydrogen) atoms. The van der Waals surface area contributed by atoms with Crippen LogP contribution >= 0.6 is 0 Å². The topological polar surface area (TPSA) is 71.5 Å². The lowest BCUT2D eigenvalue weighted by Gasteiger charge is -2.41. The van der Waals surface area contributed by atoms with Crippen molar-refractivity contribution in [3.8, 4) is 11.4 Å². The molecule has 2 aromatic heterocycles. The van der Waals surface area contributed by atoms with Crippen LogP contribution in [-0.4, -0.2) is 57.2 Å². The number of amides is 1. The van der Waals surface area contributed by atoms with Gasteiger partial charge in [-0.25, -0.2) is 14.8 Å². The van der Waals surface area contributed by atoms with Crippen molar-refractivity contribution >= 4 is 11.9 Å². The number of aryl methyl sites for hydroxylation is 1. The lowest BCUT2D eigenvalue weighted by Crippen LogP contribution is -2.55. The number of nitrogens with zero attached hydrogens (tertiary/aromatic N) is 5. The highest BCUT2D eigenvalue weighted by atomic mass is 16.6. The van der Waals surface area contributed by atoms with Gasteiger partial charge in [0.25, 0.3) is 0 Å². The zero-order valence-corrected chi connectivity index (χ0v) is 17.6. The molecule has 150 valence electrons. The molecule has 0 bridgehead atoms. The fourth-order valence-corrected chi connectivity index (χ4v) is 3.29. The Morgan fingerprint density at radius 2 is 1.96 bits per heavy atom. The first kappa shape index (κ1) is 20.0. The van der Waals surface area contributed by atoms with Crippen molar-refractivity contribution in [2.24, 2.45) is 0 Å². The molecule has 0 aliphatic carbocycles. The van der Waals surface area contributed by atoms with E-state index in [1.54, 1.807) is 17.3 Å². The van der Waals surface area contributed by atoms with Crippen molar-refractivity contribution in [3.05, 3.63) is 35.8 Å². The highest BCUT2D eigenvalue weighted by Crippen LogP contribution is 2.26. The molecule has 0 N–H and O–H groups in total. The standard InChI is InChI=1S/C21H29N5O2/c1-14-13-25(10-11-26(14)20(27)28-21(4,5)6)19-15(2)16(3)23-18(24-19)17-8-7-9-22-12-17/h7-9,12,14H,10-11,13H2,1-6H3/t14-/m1/s1. The summed E-state index contributed by atoms with van der Waals surface area (Å²) in [5, 5.41) is 0. The normalized spacial score (nSPS) is 17.6. The van der Waals surface area contributed by atoms with Gasteiger partial charge < -0.3 is 14.5 Å². The summed E-state index contributed by atoms with van der Waals surface area (Å²) in [6, 6.07) is 3.87. The molecule has 1 fully saturated rings. The Kier molecular flexibility index (Phi) is 5.54. The molecular formula is C21H29N5O2. The van der Waals surface area contributed by atoms with E-state index >= 15 is 0 Å². The lowest BCUT2D eigenvalue weighted by molar-refractivity contribution is 0.0158. The first-order valence-electron chi connectivity index (χ1n) is 9.66. The third-order valence-electron chi connectivity index (χ3n) is 4.84. The Bertz CT molecular complexity index is 848. The van der Waals surface area contributed by atoms with E-state index in [4.69, 9.17) is 9.72 Å². The molecule has 0 aromatic carbocycles. The third-order valence-corrected chi connectivity index (χ3v) is 4.84. The van der Waals surface area contributed by atoms with Crippen molar-refractivity contribution in [1.29, 1.82) is 0 Å². The van der Waals surface area contributed by atoms with Gasteiger partial charge in [-0.2, -0.15) is 0 Å². The van der Waals surface area contributed by atoms with Crippen molar-refractivity contribution in [3.63, 3.8) is 0 Å². The van der Waals surface area contributed by atoms with Gasteiger partial charge >= 0.3 is 6.09 Å². The average Bonchev–Trinajstić information content (AvgIpc) is 2.63. The Morgan fingerprint density at radius 3 is 2.57 bits per heavy atom. The molecule has 1 saturated heterocycles. The first-order chi connectivity index (χ1) is 13.2. The molecule has 0 spiro atoms. The van der Waals surface area contributed by atoms with Crippen LogP contribution in [0.1, 0.15) is 39.0 Å². The molecule has 1 aliphatic rings. The molecule has 7 nitrogen and oxygen atoms in total. The molecule has 1 amide bonds. The highest BCUT2D eigenvalue weighted by molar-refractivity contribution is 5.69. The molecule has 3 heterocycles. The van der Waals surface area contributed by atoms with E-state index in [1.807, 2.05) is 53.7 Å². The first-order valence-corrected chi connectivity index (χ1v) is 9.66. The number of carbonyl (C=O) groups is 1. The number of pyridine rings is 1. The number of anilines is 1. The second-order valence-corrected chi connectivity index (χ2v) is 8.29. The summed E-state index contributed by atoms with van der Waals surface area (Å²) in [7, 11) is 0. The van der Waals surface area contributed by atoms with E-state index in [-0.39, 0.29) is 12.1 Å². The van der Waals surface area contributed by atoms with Crippen LogP contribution in [0.25, 0.3) is 11.4 Å². The monoisotopic (exact) mass is 383 g/mol. The largest absolute Gasteiger partial charge is 0.444 e. The van der Waals surface area contributed by atoms with Crippen LogP contribution in [0.5, 0.6) is 0 Å². The molecule has 0 saturated carbocycles. The van der Waals surface area contributed by atoms with E-state index in [9.17, 15) is 4.79 Å². The predicted octanol–water partition coefficient (Wildman–Crippen LogP) is 3.60. The lowest BCUT2D eigenvalue weighted by atomic mass is 10.1. The summed E-state index contributed by atoms with van der Waals surface area (Å²) in [5.41, 5.74) is 2.41. The maximum absolute atomic E-state index is 12.5. The van der Waals surface area contributed by atoms with Gasteiger partial charge in [-0.3, -0.25) is 4.98 Å². The number of aromatic nitrogens is 3. The van der Waals surface area contributed by atoms with Gasteiger partial charge in [0, 0.05) is 54.9 Å². The van der Waals surface area contributed by atoms with Crippen molar-refractivity contribution < 1.29 is 9.53 Å². The molecular weight excluding hydrogens is 354 g/mol. The van der Waals surface area contributed by atoms with Gasteiger partial charge in [0.1, 0.15) is 11.4 Å². The Morgan fingerprint density at radius 1 is 1.21 bits per heavy atom. The van der Waals surface area contributed by atoms with Gasteiger partial charge in [0.15, 0.2) is 5.82 Å². The van der Waals surface area contributed by atoms with Gasteiger partial charge in [0.05, 0.1) is 0 Å². The SMILES string of the molecule is Cc1nc(-c2cccnc2)nc(N2CCN(C(=O)OC(C)(C)C)[C@H](C)C2)c1C. The Labute approximate surface area is 166 Å². The van der Waals surface area contributed by atoms with Crippen molar-refractivity contribution in [1.82, 2.24) is 19.9 Å². The third kappa shape index (κ3) is 4.40. The zero-order valence-electron chi connectivity index (χ0n) is 17.6. The van der Waals surface area contributed by atoms with Gasteiger partial charge in [0.2, 0.25) is 0 Å². The summed E-state index contributed by atoms with van der Waals surface area (Å²) in [5.74, 6) is 1.59. The minimum absolute atomic E-state index is 0.0279. The Balaban J connectivity index is 1.82. The molecule has 0 radical (unpaired) electrons. The van der Waals surface area contributed by atoms with E-state index < -0.39 is 5.60 Å². The molecule has 1 aliphatic heterocycles. The second kappa shape index (κ2) is 7.73. The molecule has 1 atom stereocenters. The smallest absolute Gasteiger partial charge is 0.410 e. The van der Waals surface area contributed by atoms with E-state index in [0.29, 0.717) is 25.5 Å². The van der Waals surface area contributed by atoms with Crippen LogP contribution in [-0.2, 0) is 4.74 Å². The van der Waals surface area contributed by atoms with Gasteiger partial charge in [-0.05, 0) is 53.7 Å². The summed E-state index contributed by atoms with van der Waals surface area (Å²) < 4.78 is 5.54. The van der Waals surface area contributed by atoms with Crippen LogP contribution < -0.4 is 4.90 Å². The summed E-state index contributed by atoms with van der Waals surface area (Å²) in [6.07, 6.45) is 3.26. The predicted molar refractivity (Wildman–Crippen MR) is 109 cm³/mol. The number of carbonyl (C=O) groups excluding carboxylic acids is 1. The zero-order chi connectivity index (χ0) is 20.5. The maximum Gasteiger partial charge on any atom is 0.410 e. The van der Waals surface area contributed by atoms with Crippen LogP contribution in [0.2, 0.25) is 0 Å². The highest BCUT2D eigenvalue weighted by Gasteiger charge is 2.32. The Hall–Kier alpha value is -2.70. The number of ether oxygens (including phenoxy) is 1. The van der Waals surface area contributed by atoms with Crippen LogP contribution in [0.15, 0.2) is 24.5 Å². The van der Waals surface area contributed by atoms with Gasteiger partial charge in [-0.1, -0.05) is 0 Å². The van der Waals surface area contributed by atoms with E-state index in [0.717, 1.165) is 22.6 Å².